The molecular formula is C20H22N4O2S. The topological polar surface area (TPSA) is 69.0 Å². The Kier molecular flexibility index (Phi) is 6.13. The van der Waals surface area contributed by atoms with E-state index in [1.165, 1.54) is 17.3 Å². The number of thioether (sulfide) groups is 1. The summed E-state index contributed by atoms with van der Waals surface area (Å²) in [5.41, 5.74) is 3.20. The van der Waals surface area contributed by atoms with Crippen LogP contribution in [-0.2, 0) is 4.79 Å². The summed E-state index contributed by atoms with van der Waals surface area (Å²) in [5, 5.41) is 11.8. The van der Waals surface area contributed by atoms with Crippen LogP contribution in [0.1, 0.15) is 24.1 Å². The number of nitrogens with zero attached hydrogens (tertiary/aromatic N) is 3. The number of hydrogen-bond donors (Lipinski definition) is 1. The Balaban J connectivity index is 1.59. The van der Waals surface area contributed by atoms with Gasteiger partial charge in [0.25, 0.3) is 0 Å². The van der Waals surface area contributed by atoms with Crippen LogP contribution in [0.5, 0.6) is 5.75 Å². The third kappa shape index (κ3) is 4.89. The zero-order valence-electron chi connectivity index (χ0n) is 15.5. The lowest BCUT2D eigenvalue weighted by Gasteiger charge is -2.14. The fourth-order valence-corrected chi connectivity index (χ4v) is 3.33. The van der Waals surface area contributed by atoms with Crippen molar-refractivity contribution in [3.8, 4) is 11.4 Å². The number of nitrogens with one attached hydrogen (secondary N) is 1. The molecule has 2 aromatic carbocycles. The first-order valence-electron chi connectivity index (χ1n) is 8.60. The molecule has 1 heterocycles. The lowest BCUT2D eigenvalue weighted by atomic mass is 10.1. The maximum atomic E-state index is 12.3. The van der Waals surface area contributed by atoms with Crippen molar-refractivity contribution in [1.29, 1.82) is 0 Å². The summed E-state index contributed by atoms with van der Waals surface area (Å²) in [5.74, 6) is 1.01. The van der Waals surface area contributed by atoms with Crippen molar-refractivity contribution in [1.82, 2.24) is 20.1 Å². The first kappa shape index (κ1) is 19.0. The van der Waals surface area contributed by atoms with Crippen molar-refractivity contribution in [3.63, 3.8) is 0 Å². The molecule has 0 aliphatic heterocycles. The maximum Gasteiger partial charge on any atom is 0.230 e. The zero-order valence-corrected chi connectivity index (χ0v) is 16.4. The van der Waals surface area contributed by atoms with Crippen molar-refractivity contribution in [3.05, 3.63) is 66.0 Å². The van der Waals surface area contributed by atoms with Gasteiger partial charge < -0.3 is 10.1 Å². The Morgan fingerprint density at radius 3 is 2.56 bits per heavy atom. The van der Waals surface area contributed by atoms with E-state index in [4.69, 9.17) is 4.74 Å². The lowest BCUT2D eigenvalue weighted by Crippen LogP contribution is -2.28. The van der Waals surface area contributed by atoms with Crippen LogP contribution in [0.4, 0.5) is 0 Å². The van der Waals surface area contributed by atoms with Crippen LogP contribution < -0.4 is 10.1 Å². The molecule has 0 aliphatic rings. The summed E-state index contributed by atoms with van der Waals surface area (Å²) in [6, 6.07) is 15.7. The van der Waals surface area contributed by atoms with E-state index < -0.39 is 0 Å². The molecule has 0 aliphatic carbocycles. The van der Waals surface area contributed by atoms with Gasteiger partial charge in [-0.1, -0.05) is 41.6 Å². The van der Waals surface area contributed by atoms with E-state index in [2.05, 4.69) is 15.5 Å². The van der Waals surface area contributed by atoms with Gasteiger partial charge in [0.2, 0.25) is 5.91 Å². The summed E-state index contributed by atoms with van der Waals surface area (Å²) >= 11 is 1.35. The average molecular weight is 382 g/mol. The molecule has 7 heteroatoms. The van der Waals surface area contributed by atoms with Crippen LogP contribution in [0.25, 0.3) is 5.69 Å². The van der Waals surface area contributed by atoms with Crippen molar-refractivity contribution < 1.29 is 9.53 Å². The third-order valence-corrected chi connectivity index (χ3v) is 5.10. The number of aryl methyl sites for hydroxylation is 1. The highest BCUT2D eigenvalue weighted by Crippen LogP contribution is 2.21. The normalized spacial score (nSPS) is 11.8. The molecule has 0 fully saturated rings. The van der Waals surface area contributed by atoms with Crippen LogP contribution in [0.3, 0.4) is 0 Å². The Morgan fingerprint density at radius 2 is 1.89 bits per heavy atom. The zero-order chi connectivity index (χ0) is 19.2. The van der Waals surface area contributed by atoms with Gasteiger partial charge in [-0.2, -0.15) is 0 Å². The van der Waals surface area contributed by atoms with Crippen LogP contribution >= 0.6 is 11.8 Å². The minimum atomic E-state index is -0.0441. The Hall–Kier alpha value is -2.80. The highest BCUT2D eigenvalue weighted by atomic mass is 32.2. The number of aromatic nitrogens is 3. The van der Waals surface area contributed by atoms with Crippen molar-refractivity contribution >= 4 is 17.7 Å². The molecule has 3 rings (SSSR count). The Labute approximate surface area is 163 Å². The summed E-state index contributed by atoms with van der Waals surface area (Å²) in [7, 11) is 1.63. The highest BCUT2D eigenvalue weighted by molar-refractivity contribution is 7.99. The summed E-state index contributed by atoms with van der Waals surface area (Å²) < 4.78 is 7.02. The van der Waals surface area contributed by atoms with E-state index in [1.807, 2.05) is 66.9 Å². The number of benzene rings is 2. The van der Waals surface area contributed by atoms with Gasteiger partial charge in [0.05, 0.1) is 18.9 Å². The molecule has 6 nitrogen and oxygen atoms in total. The second-order valence-corrected chi connectivity index (χ2v) is 7.11. The van der Waals surface area contributed by atoms with Crippen LogP contribution in [-0.4, -0.2) is 33.5 Å². The van der Waals surface area contributed by atoms with E-state index >= 15 is 0 Å². The van der Waals surface area contributed by atoms with Gasteiger partial charge in [-0.05, 0) is 43.7 Å². The molecular weight excluding hydrogens is 360 g/mol. The summed E-state index contributed by atoms with van der Waals surface area (Å²) in [4.78, 5) is 12.3. The van der Waals surface area contributed by atoms with Gasteiger partial charge in [0.15, 0.2) is 5.16 Å². The average Bonchev–Trinajstić information content (AvgIpc) is 3.15. The largest absolute Gasteiger partial charge is 0.497 e. The molecule has 1 atom stereocenters. The SMILES string of the molecule is COc1ccc(-n2cnnc2SCC(=O)NC(C)c2ccc(C)cc2)cc1. The molecule has 0 spiro atoms. The van der Waals surface area contributed by atoms with E-state index in [9.17, 15) is 4.79 Å². The maximum absolute atomic E-state index is 12.3. The van der Waals surface area contributed by atoms with Gasteiger partial charge >= 0.3 is 0 Å². The third-order valence-electron chi connectivity index (χ3n) is 4.15. The molecule has 1 amide bonds. The number of carbonyl (C=O) groups excluding carboxylic acids is 1. The Bertz CT molecular complexity index is 891. The van der Waals surface area contributed by atoms with Crippen LogP contribution in [0.2, 0.25) is 0 Å². The van der Waals surface area contributed by atoms with Gasteiger partial charge in [-0.3, -0.25) is 9.36 Å². The van der Waals surface area contributed by atoms with Crippen molar-refractivity contribution in [2.24, 2.45) is 0 Å². The van der Waals surface area contributed by atoms with Crippen LogP contribution in [0.15, 0.2) is 60.0 Å². The molecule has 1 unspecified atom stereocenters. The smallest absolute Gasteiger partial charge is 0.230 e. The molecule has 0 saturated carbocycles. The van der Waals surface area contributed by atoms with Crippen molar-refractivity contribution in [2.75, 3.05) is 12.9 Å². The molecule has 27 heavy (non-hydrogen) atoms. The molecule has 140 valence electrons. The standard InChI is InChI=1S/C20H22N4O2S/c1-14-4-6-16(7-5-14)15(2)22-19(25)12-27-20-23-21-13-24(20)17-8-10-18(26-3)11-9-17/h4-11,13,15H,12H2,1-3H3,(H,22,25). The predicted molar refractivity (Wildman–Crippen MR) is 106 cm³/mol. The Morgan fingerprint density at radius 1 is 1.19 bits per heavy atom. The van der Waals surface area contributed by atoms with Gasteiger partial charge in [-0.25, -0.2) is 0 Å². The minimum absolute atomic E-state index is 0.0434. The molecule has 0 radical (unpaired) electrons. The fourth-order valence-electron chi connectivity index (χ4n) is 2.59. The highest BCUT2D eigenvalue weighted by Gasteiger charge is 2.13. The molecule has 1 aromatic heterocycles. The number of rotatable bonds is 7. The predicted octanol–water partition coefficient (Wildman–Crippen LogP) is 3.55. The number of ether oxygens (including phenoxy) is 1. The number of hydrogen-bond acceptors (Lipinski definition) is 5. The monoisotopic (exact) mass is 382 g/mol. The van der Waals surface area contributed by atoms with Gasteiger partial charge in [0, 0.05) is 5.69 Å². The first-order chi connectivity index (χ1) is 13.1. The van der Waals surface area contributed by atoms with E-state index in [-0.39, 0.29) is 17.7 Å². The van der Waals surface area contributed by atoms with Crippen molar-refractivity contribution in [2.45, 2.75) is 25.0 Å². The number of methoxy groups -OCH3 is 1. The molecule has 3 aromatic rings. The lowest BCUT2D eigenvalue weighted by molar-refractivity contribution is -0.119. The van der Waals surface area contributed by atoms with Crippen LogP contribution in [0, 0.1) is 6.92 Å². The quantitative estimate of drug-likeness (QED) is 0.633. The summed E-state index contributed by atoms with van der Waals surface area (Å²) in [6.45, 7) is 4.02. The van der Waals surface area contributed by atoms with E-state index in [1.54, 1.807) is 13.4 Å². The minimum Gasteiger partial charge on any atom is -0.497 e. The van der Waals surface area contributed by atoms with Gasteiger partial charge in [-0.15, -0.1) is 10.2 Å². The fraction of sp³-hybridized carbons (Fsp3) is 0.250. The van der Waals surface area contributed by atoms with Gasteiger partial charge in [0.1, 0.15) is 12.1 Å². The first-order valence-corrected chi connectivity index (χ1v) is 9.58. The second kappa shape index (κ2) is 8.73. The summed E-state index contributed by atoms with van der Waals surface area (Å²) in [6.07, 6.45) is 1.64. The number of carbonyl (C=O) groups is 1. The molecule has 0 saturated heterocycles. The second-order valence-electron chi connectivity index (χ2n) is 6.17. The number of amides is 1. The van der Waals surface area contributed by atoms with E-state index in [0.717, 1.165) is 17.0 Å². The molecule has 1 N–H and O–H groups in total. The van der Waals surface area contributed by atoms with E-state index in [0.29, 0.717) is 5.16 Å². The molecule has 0 bridgehead atoms.